The second kappa shape index (κ2) is 9.90. The van der Waals surface area contributed by atoms with Crippen molar-refractivity contribution in [1.82, 2.24) is 10.2 Å². The summed E-state index contributed by atoms with van der Waals surface area (Å²) >= 11 is 1.77. The molecule has 1 N–H and O–H groups in total. The number of nitrogens with zero attached hydrogens (tertiary/aromatic N) is 1. The van der Waals surface area contributed by atoms with E-state index in [9.17, 15) is 4.79 Å². The first-order chi connectivity index (χ1) is 13.1. The van der Waals surface area contributed by atoms with E-state index in [1.54, 1.807) is 11.3 Å². The van der Waals surface area contributed by atoms with Gasteiger partial charge in [-0.1, -0.05) is 37.1 Å². The third-order valence-corrected chi connectivity index (χ3v) is 6.18. The van der Waals surface area contributed by atoms with Crippen molar-refractivity contribution in [2.24, 2.45) is 0 Å². The van der Waals surface area contributed by atoms with Crippen molar-refractivity contribution in [2.45, 2.75) is 45.6 Å². The van der Waals surface area contributed by atoms with Crippen molar-refractivity contribution < 1.29 is 9.53 Å². The van der Waals surface area contributed by atoms with E-state index in [1.807, 2.05) is 32.0 Å². The van der Waals surface area contributed by atoms with E-state index in [2.05, 4.69) is 27.7 Å². The Balaban J connectivity index is 1.57. The molecule has 0 unspecified atom stereocenters. The Hall–Kier alpha value is -1.85. The van der Waals surface area contributed by atoms with Crippen LogP contribution in [0.5, 0.6) is 5.75 Å². The lowest BCUT2D eigenvalue weighted by Crippen LogP contribution is -2.39. The molecule has 1 atom stereocenters. The highest BCUT2D eigenvalue weighted by Crippen LogP contribution is 2.27. The number of thiophene rings is 1. The molecule has 3 rings (SSSR count). The van der Waals surface area contributed by atoms with Gasteiger partial charge in [0.25, 0.3) is 5.91 Å². The van der Waals surface area contributed by atoms with Crippen LogP contribution in [-0.2, 0) is 4.79 Å². The van der Waals surface area contributed by atoms with E-state index >= 15 is 0 Å². The maximum Gasteiger partial charge on any atom is 0.258 e. The third-order valence-electron chi connectivity index (χ3n) is 5.20. The first kappa shape index (κ1) is 19.9. The van der Waals surface area contributed by atoms with Gasteiger partial charge in [-0.25, -0.2) is 0 Å². The van der Waals surface area contributed by atoms with Crippen LogP contribution in [0.25, 0.3) is 0 Å². The number of rotatable bonds is 7. The smallest absolute Gasteiger partial charge is 0.258 e. The lowest BCUT2D eigenvalue weighted by molar-refractivity contribution is -0.123. The number of hydrogen-bond donors (Lipinski definition) is 1. The van der Waals surface area contributed by atoms with Crippen molar-refractivity contribution in [1.29, 1.82) is 0 Å². The van der Waals surface area contributed by atoms with Crippen molar-refractivity contribution in [3.8, 4) is 5.75 Å². The fraction of sp³-hybridized carbons (Fsp3) is 0.500. The quantitative estimate of drug-likeness (QED) is 0.763. The minimum Gasteiger partial charge on any atom is -0.483 e. The molecular weight excluding hydrogens is 356 g/mol. The van der Waals surface area contributed by atoms with Gasteiger partial charge in [0, 0.05) is 11.4 Å². The third kappa shape index (κ3) is 5.56. The topological polar surface area (TPSA) is 41.6 Å². The van der Waals surface area contributed by atoms with E-state index in [-0.39, 0.29) is 18.6 Å². The van der Waals surface area contributed by atoms with Crippen LogP contribution in [0.2, 0.25) is 0 Å². The van der Waals surface area contributed by atoms with Gasteiger partial charge < -0.3 is 10.1 Å². The van der Waals surface area contributed by atoms with Crippen LogP contribution in [0, 0.1) is 13.8 Å². The second-order valence-corrected chi connectivity index (χ2v) is 8.27. The minimum absolute atomic E-state index is 0.0584. The zero-order valence-corrected chi connectivity index (χ0v) is 17.2. The number of para-hydroxylation sites is 1. The molecule has 1 fully saturated rings. The Morgan fingerprint density at radius 2 is 1.81 bits per heavy atom. The molecule has 2 aromatic rings. The van der Waals surface area contributed by atoms with E-state index in [0.29, 0.717) is 6.54 Å². The molecule has 1 aliphatic rings. The predicted octanol–water partition coefficient (Wildman–Crippen LogP) is 4.48. The highest BCUT2D eigenvalue weighted by molar-refractivity contribution is 7.10. The SMILES string of the molecule is Cc1cccc(C)c1OCC(=O)NC[C@H](c1cccs1)N1CCCCCC1. The van der Waals surface area contributed by atoms with Crippen LogP contribution >= 0.6 is 11.3 Å². The molecule has 0 radical (unpaired) electrons. The summed E-state index contributed by atoms with van der Waals surface area (Å²) < 4.78 is 5.79. The largest absolute Gasteiger partial charge is 0.483 e. The number of benzene rings is 1. The summed E-state index contributed by atoms with van der Waals surface area (Å²) in [5.41, 5.74) is 2.12. The molecule has 146 valence electrons. The van der Waals surface area contributed by atoms with Crippen LogP contribution in [0.1, 0.15) is 47.7 Å². The summed E-state index contributed by atoms with van der Waals surface area (Å²) in [6, 6.07) is 10.5. The van der Waals surface area contributed by atoms with E-state index in [1.165, 1.54) is 30.6 Å². The average Bonchev–Trinajstić information content (AvgIpc) is 3.04. The molecular formula is C22H30N2O2S. The van der Waals surface area contributed by atoms with Gasteiger partial charge in [0.1, 0.15) is 5.75 Å². The maximum atomic E-state index is 12.4. The van der Waals surface area contributed by atoms with Crippen LogP contribution in [0.3, 0.4) is 0 Å². The lowest BCUT2D eigenvalue weighted by atomic mass is 10.1. The monoisotopic (exact) mass is 386 g/mol. The standard InChI is InChI=1S/C22H30N2O2S/c1-17-9-7-10-18(2)22(17)26-16-21(25)23-15-19(20-11-8-14-27-20)24-12-5-3-4-6-13-24/h7-11,14,19H,3-6,12-13,15-16H2,1-2H3,(H,23,25)/t19-/m1/s1. The number of amides is 1. The first-order valence-corrected chi connectivity index (χ1v) is 10.8. The molecule has 1 aliphatic heterocycles. The molecule has 1 aromatic carbocycles. The maximum absolute atomic E-state index is 12.4. The number of carbonyl (C=O) groups is 1. The zero-order chi connectivity index (χ0) is 19.1. The van der Waals surface area contributed by atoms with Crippen molar-refractivity contribution >= 4 is 17.2 Å². The van der Waals surface area contributed by atoms with Crippen LogP contribution in [0.15, 0.2) is 35.7 Å². The van der Waals surface area contributed by atoms with Crippen LogP contribution < -0.4 is 10.1 Å². The Morgan fingerprint density at radius 3 is 2.44 bits per heavy atom. The number of ether oxygens (including phenoxy) is 1. The number of hydrogen-bond acceptors (Lipinski definition) is 4. The van der Waals surface area contributed by atoms with Gasteiger partial charge in [-0.2, -0.15) is 0 Å². The van der Waals surface area contributed by atoms with Gasteiger partial charge in [-0.3, -0.25) is 9.69 Å². The fourth-order valence-electron chi connectivity index (χ4n) is 3.72. The van der Waals surface area contributed by atoms with E-state index in [0.717, 1.165) is 30.0 Å². The number of carbonyl (C=O) groups excluding carboxylic acids is 1. The summed E-state index contributed by atoms with van der Waals surface area (Å²) in [5.74, 6) is 0.754. The molecule has 1 amide bonds. The van der Waals surface area contributed by atoms with Gasteiger partial charge in [0.15, 0.2) is 6.61 Å². The summed E-state index contributed by atoms with van der Waals surface area (Å²) in [6.07, 6.45) is 5.10. The Kier molecular flexibility index (Phi) is 7.30. The molecule has 5 heteroatoms. The Morgan fingerprint density at radius 1 is 1.11 bits per heavy atom. The number of likely N-dealkylation sites (tertiary alicyclic amines) is 1. The van der Waals surface area contributed by atoms with Crippen LogP contribution in [0.4, 0.5) is 0 Å². The molecule has 0 spiro atoms. The highest BCUT2D eigenvalue weighted by atomic mass is 32.1. The normalized spacial score (nSPS) is 16.5. The molecule has 1 saturated heterocycles. The van der Waals surface area contributed by atoms with Crippen molar-refractivity contribution in [3.05, 3.63) is 51.7 Å². The molecule has 1 aromatic heterocycles. The first-order valence-electron chi connectivity index (χ1n) is 9.88. The van der Waals surface area contributed by atoms with Gasteiger partial charge in [-0.05, 0) is 62.4 Å². The number of aryl methyl sites for hydroxylation is 2. The molecule has 0 saturated carbocycles. The molecule has 2 heterocycles. The zero-order valence-electron chi connectivity index (χ0n) is 16.4. The fourth-order valence-corrected chi connectivity index (χ4v) is 4.58. The van der Waals surface area contributed by atoms with E-state index < -0.39 is 0 Å². The van der Waals surface area contributed by atoms with E-state index in [4.69, 9.17) is 4.74 Å². The van der Waals surface area contributed by atoms with Gasteiger partial charge in [0.05, 0.1) is 6.04 Å². The van der Waals surface area contributed by atoms with Crippen molar-refractivity contribution in [2.75, 3.05) is 26.2 Å². The predicted molar refractivity (Wildman–Crippen MR) is 112 cm³/mol. The second-order valence-electron chi connectivity index (χ2n) is 7.30. The highest BCUT2D eigenvalue weighted by Gasteiger charge is 2.23. The summed E-state index contributed by atoms with van der Waals surface area (Å²) in [5, 5.41) is 5.22. The average molecular weight is 387 g/mol. The van der Waals surface area contributed by atoms with Gasteiger partial charge in [-0.15, -0.1) is 11.3 Å². The van der Waals surface area contributed by atoms with Gasteiger partial charge >= 0.3 is 0 Å². The van der Waals surface area contributed by atoms with Crippen LogP contribution in [-0.4, -0.2) is 37.0 Å². The molecule has 4 nitrogen and oxygen atoms in total. The molecule has 0 aliphatic carbocycles. The number of nitrogens with one attached hydrogen (secondary N) is 1. The summed E-state index contributed by atoms with van der Waals surface area (Å²) in [6.45, 7) is 6.92. The Bertz CT molecular complexity index is 702. The Labute approximate surface area is 166 Å². The molecule has 0 bridgehead atoms. The summed E-state index contributed by atoms with van der Waals surface area (Å²) in [4.78, 5) is 16.3. The molecule has 27 heavy (non-hydrogen) atoms. The lowest BCUT2D eigenvalue weighted by Gasteiger charge is -2.30. The minimum atomic E-state index is -0.0611. The van der Waals surface area contributed by atoms with Crippen molar-refractivity contribution in [3.63, 3.8) is 0 Å². The van der Waals surface area contributed by atoms with Gasteiger partial charge in [0.2, 0.25) is 0 Å². The summed E-state index contributed by atoms with van der Waals surface area (Å²) in [7, 11) is 0.